The number of nitrogens with one attached hydrogen (secondary N) is 3. The Labute approximate surface area is 114 Å². The summed E-state index contributed by atoms with van der Waals surface area (Å²) in [7, 11) is -3.17. The summed E-state index contributed by atoms with van der Waals surface area (Å²) in [6.45, 7) is 3.95. The second-order valence-electron chi connectivity index (χ2n) is 5.03. The fourth-order valence-electron chi connectivity index (χ4n) is 2.32. The maximum Gasteiger partial charge on any atom is 0.215 e. The molecule has 1 saturated heterocycles. The van der Waals surface area contributed by atoms with E-state index >= 15 is 0 Å². The second kappa shape index (κ2) is 6.49. The van der Waals surface area contributed by atoms with Crippen LogP contribution in [-0.4, -0.2) is 43.5 Å². The molecule has 0 spiro atoms. The monoisotopic (exact) mass is 286 g/mol. The molecule has 1 aliphatic heterocycles. The molecule has 1 aromatic heterocycles. The van der Waals surface area contributed by atoms with Gasteiger partial charge in [-0.15, -0.1) is 0 Å². The molecule has 19 heavy (non-hydrogen) atoms. The van der Waals surface area contributed by atoms with E-state index in [1.54, 1.807) is 6.20 Å². The third kappa shape index (κ3) is 4.02. The minimum absolute atomic E-state index is 0.281. The van der Waals surface area contributed by atoms with Crippen LogP contribution >= 0.6 is 0 Å². The normalized spacial score (nSPS) is 20.6. The first-order valence-electron chi connectivity index (χ1n) is 6.77. The molecule has 108 valence electrons. The maximum absolute atomic E-state index is 12.0. The summed E-state index contributed by atoms with van der Waals surface area (Å²) in [4.78, 5) is 0. The van der Waals surface area contributed by atoms with Crippen molar-refractivity contribution in [2.24, 2.45) is 0 Å². The highest BCUT2D eigenvalue weighted by Crippen LogP contribution is 2.11. The van der Waals surface area contributed by atoms with Crippen molar-refractivity contribution in [3.05, 3.63) is 17.5 Å². The smallest absolute Gasteiger partial charge is 0.215 e. The number of nitrogens with zero attached hydrogens (tertiary/aromatic N) is 1. The predicted octanol–water partition coefficient (Wildman–Crippen LogP) is 0.322. The Hall–Kier alpha value is -0.920. The van der Waals surface area contributed by atoms with Gasteiger partial charge in [0.25, 0.3) is 0 Å². The van der Waals surface area contributed by atoms with Crippen LogP contribution in [0, 0.1) is 6.92 Å². The van der Waals surface area contributed by atoms with Gasteiger partial charge in [0.15, 0.2) is 0 Å². The largest absolute Gasteiger partial charge is 0.315 e. The Balaban J connectivity index is 1.74. The van der Waals surface area contributed by atoms with Gasteiger partial charge in [-0.2, -0.15) is 5.10 Å². The van der Waals surface area contributed by atoms with Gasteiger partial charge in [-0.05, 0) is 44.7 Å². The van der Waals surface area contributed by atoms with Crippen molar-refractivity contribution in [3.63, 3.8) is 0 Å². The summed E-state index contributed by atoms with van der Waals surface area (Å²) in [6, 6.07) is 0. The molecule has 6 nitrogen and oxygen atoms in total. The van der Waals surface area contributed by atoms with Crippen molar-refractivity contribution in [2.45, 2.75) is 37.9 Å². The SMILES string of the molecule is Cc1[nH]ncc1CCCNS(=O)(=O)C1CCCNC1. The molecular formula is C12H22N4O2S. The Bertz CT molecular complexity index is 492. The van der Waals surface area contributed by atoms with E-state index in [0.29, 0.717) is 13.1 Å². The van der Waals surface area contributed by atoms with Crippen molar-refractivity contribution in [1.82, 2.24) is 20.2 Å². The Morgan fingerprint density at radius 1 is 1.53 bits per heavy atom. The van der Waals surface area contributed by atoms with Crippen molar-refractivity contribution >= 4 is 10.0 Å². The highest BCUT2D eigenvalue weighted by molar-refractivity contribution is 7.90. The van der Waals surface area contributed by atoms with E-state index in [1.165, 1.54) is 0 Å². The molecule has 1 fully saturated rings. The van der Waals surface area contributed by atoms with Gasteiger partial charge in [0, 0.05) is 18.8 Å². The van der Waals surface area contributed by atoms with Crippen molar-refractivity contribution in [1.29, 1.82) is 0 Å². The molecule has 0 aromatic carbocycles. The van der Waals surface area contributed by atoms with Crippen molar-refractivity contribution in [2.75, 3.05) is 19.6 Å². The zero-order valence-electron chi connectivity index (χ0n) is 11.3. The summed E-state index contributed by atoms with van der Waals surface area (Å²) in [5.41, 5.74) is 2.21. The zero-order valence-corrected chi connectivity index (χ0v) is 12.1. The van der Waals surface area contributed by atoms with E-state index in [-0.39, 0.29) is 5.25 Å². The number of sulfonamides is 1. The van der Waals surface area contributed by atoms with E-state index in [2.05, 4.69) is 20.2 Å². The highest BCUT2D eigenvalue weighted by atomic mass is 32.2. The summed E-state index contributed by atoms with van der Waals surface area (Å²) in [6.07, 6.45) is 5.12. The molecule has 0 aliphatic carbocycles. The maximum atomic E-state index is 12.0. The van der Waals surface area contributed by atoms with Gasteiger partial charge in [0.2, 0.25) is 10.0 Å². The number of aryl methyl sites for hydroxylation is 2. The first kappa shape index (κ1) is 14.5. The second-order valence-corrected chi connectivity index (χ2v) is 7.08. The number of hydrogen-bond acceptors (Lipinski definition) is 4. The quantitative estimate of drug-likeness (QED) is 0.657. The first-order chi connectivity index (χ1) is 9.09. The van der Waals surface area contributed by atoms with Crippen LogP contribution in [0.15, 0.2) is 6.20 Å². The number of piperidine rings is 1. The molecule has 0 radical (unpaired) electrons. The minimum Gasteiger partial charge on any atom is -0.315 e. The van der Waals surface area contributed by atoms with Crippen LogP contribution in [0.5, 0.6) is 0 Å². The number of hydrogen-bond donors (Lipinski definition) is 3. The number of rotatable bonds is 6. The van der Waals surface area contributed by atoms with Gasteiger partial charge < -0.3 is 5.32 Å². The molecule has 7 heteroatoms. The van der Waals surface area contributed by atoms with Gasteiger partial charge in [-0.25, -0.2) is 13.1 Å². The topological polar surface area (TPSA) is 86.9 Å². The van der Waals surface area contributed by atoms with Gasteiger partial charge in [-0.1, -0.05) is 0 Å². The lowest BCUT2D eigenvalue weighted by molar-refractivity contribution is 0.489. The van der Waals surface area contributed by atoms with Crippen LogP contribution in [-0.2, 0) is 16.4 Å². The van der Waals surface area contributed by atoms with Crippen LogP contribution in [0.3, 0.4) is 0 Å². The first-order valence-corrected chi connectivity index (χ1v) is 8.32. The molecule has 1 aliphatic rings. The van der Waals surface area contributed by atoms with Gasteiger partial charge >= 0.3 is 0 Å². The summed E-state index contributed by atoms with van der Waals surface area (Å²) < 4.78 is 26.8. The van der Waals surface area contributed by atoms with E-state index in [1.807, 2.05) is 6.92 Å². The zero-order chi connectivity index (χ0) is 13.7. The third-order valence-electron chi connectivity index (χ3n) is 3.55. The number of aromatic nitrogens is 2. The minimum atomic E-state index is -3.17. The number of H-pyrrole nitrogens is 1. The van der Waals surface area contributed by atoms with Crippen LogP contribution in [0.4, 0.5) is 0 Å². The lowest BCUT2D eigenvalue weighted by atomic mass is 10.1. The fraction of sp³-hybridized carbons (Fsp3) is 0.750. The molecule has 3 N–H and O–H groups in total. The Morgan fingerprint density at radius 2 is 2.37 bits per heavy atom. The van der Waals surface area contributed by atoms with Gasteiger partial charge in [-0.3, -0.25) is 5.10 Å². The molecule has 2 rings (SSSR count). The van der Waals surface area contributed by atoms with E-state index < -0.39 is 10.0 Å². The summed E-state index contributed by atoms with van der Waals surface area (Å²) in [5.74, 6) is 0. The molecule has 1 unspecified atom stereocenters. The van der Waals surface area contributed by atoms with E-state index in [4.69, 9.17) is 0 Å². The van der Waals surface area contributed by atoms with Crippen LogP contribution in [0.1, 0.15) is 30.5 Å². The lowest BCUT2D eigenvalue weighted by Crippen LogP contribution is -2.44. The average Bonchev–Trinajstić information content (AvgIpc) is 2.81. The summed E-state index contributed by atoms with van der Waals surface area (Å²) >= 11 is 0. The van der Waals surface area contributed by atoms with E-state index in [9.17, 15) is 8.42 Å². The van der Waals surface area contributed by atoms with Gasteiger partial charge in [0.1, 0.15) is 0 Å². The molecule has 1 atom stereocenters. The average molecular weight is 286 g/mol. The van der Waals surface area contributed by atoms with Crippen molar-refractivity contribution < 1.29 is 8.42 Å². The Kier molecular flexibility index (Phi) is 4.95. The summed E-state index contributed by atoms with van der Waals surface area (Å²) in [5, 5.41) is 9.68. The molecular weight excluding hydrogens is 264 g/mol. The standard InChI is InChI=1S/C12H22N4O2S/c1-10-11(8-14-16-10)4-2-7-15-19(17,18)12-5-3-6-13-9-12/h8,12-13,15H,2-7,9H2,1H3,(H,14,16). The van der Waals surface area contributed by atoms with Crippen LogP contribution < -0.4 is 10.0 Å². The number of aromatic amines is 1. The van der Waals surface area contributed by atoms with Gasteiger partial charge in [0.05, 0.1) is 11.4 Å². The van der Waals surface area contributed by atoms with E-state index in [0.717, 1.165) is 43.5 Å². The molecule has 1 aromatic rings. The molecule has 2 heterocycles. The highest BCUT2D eigenvalue weighted by Gasteiger charge is 2.26. The fourth-order valence-corrected chi connectivity index (χ4v) is 3.80. The molecule has 0 saturated carbocycles. The predicted molar refractivity (Wildman–Crippen MR) is 74.5 cm³/mol. The third-order valence-corrected chi connectivity index (χ3v) is 5.44. The molecule has 0 amide bonds. The Morgan fingerprint density at radius 3 is 3.00 bits per heavy atom. The molecule has 0 bridgehead atoms. The van der Waals surface area contributed by atoms with Crippen molar-refractivity contribution in [3.8, 4) is 0 Å². The van der Waals surface area contributed by atoms with Crippen LogP contribution in [0.2, 0.25) is 0 Å². The lowest BCUT2D eigenvalue weighted by Gasteiger charge is -2.22. The van der Waals surface area contributed by atoms with Crippen LogP contribution in [0.25, 0.3) is 0 Å².